The Morgan fingerprint density at radius 3 is 2.69 bits per heavy atom. The number of ether oxygens (including phenoxy) is 1. The first-order valence-electron chi connectivity index (χ1n) is 3.97. The minimum atomic E-state index is -0.791. The van der Waals surface area contributed by atoms with Gasteiger partial charge in [-0.05, 0) is 15.9 Å². The Morgan fingerprint density at radius 1 is 1.62 bits per heavy atom. The molecule has 0 aliphatic carbocycles. The molecule has 6 nitrogen and oxygen atoms in total. The fraction of sp³-hybridized carbons (Fsp3) is 0.111. The van der Waals surface area contributed by atoms with E-state index in [2.05, 4.69) is 20.7 Å². The minimum absolute atomic E-state index is 0.0115. The van der Waals surface area contributed by atoms with Crippen LogP contribution in [0.25, 0.3) is 0 Å². The van der Waals surface area contributed by atoms with Gasteiger partial charge in [-0.15, -0.1) is 0 Å². The zero-order valence-corrected chi connectivity index (χ0v) is 9.65. The van der Waals surface area contributed by atoms with Crippen molar-refractivity contribution in [3.05, 3.63) is 37.8 Å². The monoisotopic (exact) mass is 284 g/mol. The van der Waals surface area contributed by atoms with Crippen molar-refractivity contribution in [1.82, 2.24) is 0 Å². The fourth-order valence-electron chi connectivity index (χ4n) is 1.08. The molecule has 1 aromatic rings. The van der Waals surface area contributed by atoms with Gasteiger partial charge in [0.2, 0.25) is 0 Å². The molecule has 0 saturated heterocycles. The first kappa shape index (κ1) is 12.1. The highest BCUT2D eigenvalue weighted by Gasteiger charge is 2.20. The molecular weight excluding hydrogens is 280 g/mol. The number of nitrogens with zero attached hydrogens (tertiary/aromatic N) is 2. The maximum Gasteiger partial charge on any atom is 0.339 e. The normalized spacial score (nSPS) is 9.31. The summed E-state index contributed by atoms with van der Waals surface area (Å²) in [6.07, 6.45) is 0. The van der Waals surface area contributed by atoms with Gasteiger partial charge in [0.25, 0.3) is 5.69 Å². The Balaban J connectivity index is 3.50. The summed E-state index contributed by atoms with van der Waals surface area (Å²) in [7, 11) is 1.14. The Hall–Kier alpha value is -1.94. The number of nitro benzene ring substituents is 1. The van der Waals surface area contributed by atoms with E-state index < -0.39 is 10.9 Å². The van der Waals surface area contributed by atoms with Crippen LogP contribution < -0.4 is 0 Å². The van der Waals surface area contributed by atoms with Gasteiger partial charge in [0.05, 0.1) is 23.2 Å². The van der Waals surface area contributed by atoms with Crippen molar-refractivity contribution in [1.29, 1.82) is 5.26 Å². The van der Waals surface area contributed by atoms with Crippen LogP contribution in [-0.2, 0) is 4.74 Å². The summed E-state index contributed by atoms with van der Waals surface area (Å²) in [6.45, 7) is 0. The lowest BCUT2D eigenvalue weighted by Crippen LogP contribution is -2.06. The zero-order chi connectivity index (χ0) is 12.3. The lowest BCUT2D eigenvalue weighted by atomic mass is 10.1. The Morgan fingerprint density at radius 2 is 2.25 bits per heavy atom. The van der Waals surface area contributed by atoms with E-state index >= 15 is 0 Å². The van der Waals surface area contributed by atoms with Crippen LogP contribution in [-0.4, -0.2) is 18.0 Å². The number of methoxy groups -OCH3 is 1. The number of halogens is 1. The van der Waals surface area contributed by atoms with Crippen LogP contribution >= 0.6 is 15.9 Å². The highest BCUT2D eigenvalue weighted by Crippen LogP contribution is 2.26. The molecule has 0 unspecified atom stereocenters. The molecule has 0 aliphatic heterocycles. The SMILES string of the molecule is COC(=O)c1cc([N+](=O)[O-])cc(Br)c1C#N. The van der Waals surface area contributed by atoms with Gasteiger partial charge in [0, 0.05) is 16.6 Å². The molecule has 0 N–H and O–H groups in total. The van der Waals surface area contributed by atoms with Crippen LogP contribution in [0, 0.1) is 21.4 Å². The number of esters is 1. The molecule has 82 valence electrons. The molecule has 16 heavy (non-hydrogen) atoms. The van der Waals surface area contributed by atoms with Gasteiger partial charge in [0.1, 0.15) is 6.07 Å². The van der Waals surface area contributed by atoms with Gasteiger partial charge in [-0.25, -0.2) is 4.79 Å². The number of nitriles is 1. The Bertz CT molecular complexity index is 507. The number of hydrogen-bond acceptors (Lipinski definition) is 5. The number of hydrogen-bond donors (Lipinski definition) is 0. The smallest absolute Gasteiger partial charge is 0.339 e. The number of carbonyl (C=O) groups is 1. The first-order chi connectivity index (χ1) is 7.51. The summed E-state index contributed by atoms with van der Waals surface area (Å²) < 4.78 is 4.62. The van der Waals surface area contributed by atoms with Crippen molar-refractivity contribution >= 4 is 27.6 Å². The van der Waals surface area contributed by atoms with Crippen molar-refractivity contribution in [2.24, 2.45) is 0 Å². The third-order valence-corrected chi connectivity index (χ3v) is 2.43. The summed E-state index contributed by atoms with van der Waals surface area (Å²) in [5.74, 6) is -0.791. The second kappa shape index (κ2) is 4.72. The van der Waals surface area contributed by atoms with Crippen molar-refractivity contribution in [3.63, 3.8) is 0 Å². The highest BCUT2D eigenvalue weighted by atomic mass is 79.9. The lowest BCUT2D eigenvalue weighted by molar-refractivity contribution is -0.385. The van der Waals surface area contributed by atoms with Crippen molar-refractivity contribution < 1.29 is 14.5 Å². The number of carbonyl (C=O) groups excluding carboxylic acids is 1. The molecule has 0 bridgehead atoms. The Kier molecular flexibility index (Phi) is 3.58. The van der Waals surface area contributed by atoms with Crippen molar-refractivity contribution in [2.75, 3.05) is 7.11 Å². The molecule has 7 heteroatoms. The molecule has 0 heterocycles. The summed E-state index contributed by atoms with van der Waals surface area (Å²) >= 11 is 2.99. The first-order valence-corrected chi connectivity index (χ1v) is 4.77. The molecule has 0 radical (unpaired) electrons. The van der Waals surface area contributed by atoms with Gasteiger partial charge in [-0.1, -0.05) is 0 Å². The molecular formula is C9H5BrN2O4. The molecule has 0 aliphatic rings. The second-order valence-electron chi connectivity index (χ2n) is 2.71. The molecule has 1 rings (SSSR count). The highest BCUT2D eigenvalue weighted by molar-refractivity contribution is 9.10. The largest absolute Gasteiger partial charge is 0.465 e. The van der Waals surface area contributed by atoms with E-state index in [0.29, 0.717) is 0 Å². The predicted molar refractivity (Wildman–Crippen MR) is 56.9 cm³/mol. The number of benzene rings is 1. The summed E-state index contributed by atoms with van der Waals surface area (Å²) in [4.78, 5) is 21.2. The standard InChI is InChI=1S/C9H5BrN2O4/c1-16-9(13)6-2-5(12(14)15)3-8(10)7(6)4-11/h2-3H,1H3. The third-order valence-electron chi connectivity index (χ3n) is 1.80. The van der Waals surface area contributed by atoms with E-state index in [1.807, 2.05) is 0 Å². The van der Waals surface area contributed by atoms with Gasteiger partial charge < -0.3 is 4.74 Å². The topological polar surface area (TPSA) is 93.2 Å². The van der Waals surface area contributed by atoms with Crippen LogP contribution in [0.4, 0.5) is 5.69 Å². The van der Waals surface area contributed by atoms with Crippen LogP contribution in [0.2, 0.25) is 0 Å². The van der Waals surface area contributed by atoms with Gasteiger partial charge >= 0.3 is 5.97 Å². The van der Waals surface area contributed by atoms with Gasteiger partial charge in [-0.3, -0.25) is 10.1 Å². The van der Waals surface area contributed by atoms with E-state index in [4.69, 9.17) is 5.26 Å². The second-order valence-corrected chi connectivity index (χ2v) is 3.56. The van der Waals surface area contributed by atoms with Crippen LogP contribution in [0.5, 0.6) is 0 Å². The quantitative estimate of drug-likeness (QED) is 0.470. The molecule has 0 amide bonds. The van der Waals surface area contributed by atoms with Gasteiger partial charge in [0.15, 0.2) is 0 Å². The molecule has 0 fully saturated rings. The summed E-state index contributed by atoms with van der Waals surface area (Å²) in [5, 5.41) is 19.4. The number of rotatable bonds is 2. The van der Waals surface area contributed by atoms with Crippen LogP contribution in [0.15, 0.2) is 16.6 Å². The number of nitro groups is 1. The predicted octanol–water partition coefficient (Wildman–Crippen LogP) is 2.02. The fourth-order valence-corrected chi connectivity index (χ4v) is 1.62. The van der Waals surface area contributed by atoms with E-state index in [0.717, 1.165) is 19.2 Å². The maximum atomic E-state index is 11.3. The summed E-state index contributed by atoms with van der Waals surface area (Å²) in [6, 6.07) is 3.94. The van der Waals surface area contributed by atoms with Crippen molar-refractivity contribution in [2.45, 2.75) is 0 Å². The van der Waals surface area contributed by atoms with Crippen LogP contribution in [0.1, 0.15) is 15.9 Å². The van der Waals surface area contributed by atoms with Crippen LogP contribution in [0.3, 0.4) is 0 Å². The average molecular weight is 285 g/mol. The van der Waals surface area contributed by atoms with E-state index in [1.54, 1.807) is 6.07 Å². The molecule has 0 saturated carbocycles. The third kappa shape index (κ3) is 2.17. The van der Waals surface area contributed by atoms with E-state index in [9.17, 15) is 14.9 Å². The minimum Gasteiger partial charge on any atom is -0.465 e. The van der Waals surface area contributed by atoms with E-state index in [1.165, 1.54) is 0 Å². The average Bonchev–Trinajstić information content (AvgIpc) is 2.26. The Labute approximate surface area is 98.7 Å². The summed E-state index contributed by atoms with van der Waals surface area (Å²) in [5.41, 5.74) is -0.408. The van der Waals surface area contributed by atoms with Gasteiger partial charge in [-0.2, -0.15) is 5.26 Å². The van der Waals surface area contributed by atoms with E-state index in [-0.39, 0.29) is 21.3 Å². The number of non-ortho nitro benzene ring substituents is 1. The molecule has 0 atom stereocenters. The molecule has 0 spiro atoms. The lowest BCUT2D eigenvalue weighted by Gasteiger charge is -2.03. The maximum absolute atomic E-state index is 11.3. The molecule has 0 aromatic heterocycles. The van der Waals surface area contributed by atoms with Crippen molar-refractivity contribution in [3.8, 4) is 6.07 Å². The zero-order valence-electron chi connectivity index (χ0n) is 8.06. The molecule has 1 aromatic carbocycles.